The second-order valence-corrected chi connectivity index (χ2v) is 4.94. The van der Waals surface area contributed by atoms with E-state index in [-0.39, 0.29) is 11.9 Å². The summed E-state index contributed by atoms with van der Waals surface area (Å²) in [6.45, 7) is 2.49. The fourth-order valence-corrected chi connectivity index (χ4v) is 2.57. The molecule has 0 atom stereocenters. The summed E-state index contributed by atoms with van der Waals surface area (Å²) in [6.07, 6.45) is 4.96. The lowest BCUT2D eigenvalue weighted by Crippen LogP contribution is -2.49. The molecule has 2 aromatic rings. The number of rotatable bonds is 2. The van der Waals surface area contributed by atoms with E-state index in [1.807, 2.05) is 17.7 Å². The molecule has 104 valence electrons. The quantitative estimate of drug-likeness (QED) is 0.902. The van der Waals surface area contributed by atoms with Crippen molar-refractivity contribution in [3.8, 4) is 0 Å². The molecular weight excluding hydrogens is 256 g/mol. The van der Waals surface area contributed by atoms with Gasteiger partial charge in [0.2, 0.25) is 5.91 Å². The van der Waals surface area contributed by atoms with Crippen LogP contribution in [0.1, 0.15) is 18.9 Å². The lowest BCUT2D eigenvalue weighted by Gasteiger charge is -2.26. The molecule has 1 saturated heterocycles. The van der Waals surface area contributed by atoms with Gasteiger partial charge in [0.25, 0.3) is 0 Å². The summed E-state index contributed by atoms with van der Waals surface area (Å²) in [7, 11) is 1.96. The molecule has 0 aliphatic carbocycles. The third-order valence-electron chi connectivity index (χ3n) is 3.63. The van der Waals surface area contributed by atoms with Gasteiger partial charge in [-0.1, -0.05) is 6.92 Å². The standard InChI is InChI=1S/C14H16N4O2/c1-3-9-8-17(2)13-11(9)6-10(7-15-13)18-5-4-12(19)16-14(18)20/h6-8H,3-5H2,1-2H3,(H,16,19,20). The Hall–Kier alpha value is -2.37. The average molecular weight is 272 g/mol. The molecular formula is C14H16N4O2. The minimum atomic E-state index is -0.378. The molecule has 6 nitrogen and oxygen atoms in total. The van der Waals surface area contributed by atoms with Crippen LogP contribution in [0.4, 0.5) is 10.5 Å². The van der Waals surface area contributed by atoms with Gasteiger partial charge >= 0.3 is 6.03 Å². The number of aromatic nitrogens is 2. The maximum Gasteiger partial charge on any atom is 0.328 e. The van der Waals surface area contributed by atoms with E-state index in [4.69, 9.17) is 0 Å². The highest BCUT2D eigenvalue weighted by atomic mass is 16.2. The van der Waals surface area contributed by atoms with E-state index in [1.165, 1.54) is 5.56 Å². The first-order chi connectivity index (χ1) is 9.60. The summed E-state index contributed by atoms with van der Waals surface area (Å²) in [5.74, 6) is -0.228. The van der Waals surface area contributed by atoms with Crippen molar-refractivity contribution in [2.45, 2.75) is 19.8 Å². The van der Waals surface area contributed by atoms with Crippen molar-refractivity contribution in [3.63, 3.8) is 0 Å². The first-order valence-corrected chi connectivity index (χ1v) is 6.65. The molecule has 0 bridgehead atoms. The summed E-state index contributed by atoms with van der Waals surface area (Å²) in [4.78, 5) is 29.0. The third kappa shape index (κ3) is 1.93. The van der Waals surface area contributed by atoms with Crippen LogP contribution < -0.4 is 10.2 Å². The molecule has 20 heavy (non-hydrogen) atoms. The summed E-state index contributed by atoms with van der Waals surface area (Å²) < 4.78 is 1.98. The van der Waals surface area contributed by atoms with Crippen LogP contribution in [-0.4, -0.2) is 28.0 Å². The summed E-state index contributed by atoms with van der Waals surface area (Å²) in [5, 5.41) is 3.38. The van der Waals surface area contributed by atoms with Gasteiger partial charge in [0, 0.05) is 31.6 Å². The minimum Gasteiger partial charge on any atom is -0.335 e. The van der Waals surface area contributed by atoms with Crippen molar-refractivity contribution in [1.82, 2.24) is 14.9 Å². The Kier molecular flexibility index (Phi) is 2.93. The van der Waals surface area contributed by atoms with Crippen LogP contribution in [0.15, 0.2) is 18.5 Å². The number of pyridine rings is 1. The third-order valence-corrected chi connectivity index (χ3v) is 3.63. The fourth-order valence-electron chi connectivity index (χ4n) is 2.57. The molecule has 0 spiro atoms. The van der Waals surface area contributed by atoms with Gasteiger partial charge in [-0.15, -0.1) is 0 Å². The first kappa shape index (κ1) is 12.7. The molecule has 6 heteroatoms. The van der Waals surface area contributed by atoms with Gasteiger partial charge in [-0.2, -0.15) is 0 Å². The zero-order valence-corrected chi connectivity index (χ0v) is 11.5. The molecule has 3 amide bonds. The van der Waals surface area contributed by atoms with E-state index in [1.54, 1.807) is 11.1 Å². The molecule has 1 fully saturated rings. The van der Waals surface area contributed by atoms with E-state index in [9.17, 15) is 9.59 Å². The topological polar surface area (TPSA) is 67.2 Å². The van der Waals surface area contributed by atoms with E-state index < -0.39 is 0 Å². The normalized spacial score (nSPS) is 15.8. The van der Waals surface area contributed by atoms with Crippen molar-refractivity contribution in [2.24, 2.45) is 7.05 Å². The number of hydrogen-bond donors (Lipinski definition) is 1. The number of nitrogens with one attached hydrogen (secondary N) is 1. The van der Waals surface area contributed by atoms with E-state index >= 15 is 0 Å². The number of anilines is 1. The van der Waals surface area contributed by atoms with Crippen LogP contribution in [0, 0.1) is 0 Å². The van der Waals surface area contributed by atoms with Crippen molar-refractivity contribution in [2.75, 3.05) is 11.4 Å². The highest BCUT2D eigenvalue weighted by Gasteiger charge is 2.24. The van der Waals surface area contributed by atoms with Gasteiger partial charge in [-0.05, 0) is 18.1 Å². The number of nitrogens with zero attached hydrogens (tertiary/aromatic N) is 3. The van der Waals surface area contributed by atoms with Crippen LogP contribution >= 0.6 is 0 Å². The molecule has 0 unspecified atom stereocenters. The van der Waals surface area contributed by atoms with Crippen LogP contribution in [-0.2, 0) is 18.3 Å². The van der Waals surface area contributed by atoms with Gasteiger partial charge in [-0.3, -0.25) is 15.0 Å². The molecule has 0 saturated carbocycles. The number of carbonyl (C=O) groups is 2. The highest BCUT2D eigenvalue weighted by molar-refractivity contribution is 6.06. The summed E-state index contributed by atoms with van der Waals surface area (Å²) in [5.41, 5.74) is 2.83. The van der Waals surface area contributed by atoms with E-state index in [2.05, 4.69) is 23.4 Å². The number of carbonyl (C=O) groups excluding carboxylic acids is 2. The van der Waals surface area contributed by atoms with Gasteiger partial charge < -0.3 is 4.57 Å². The molecule has 0 aromatic carbocycles. The number of fused-ring (bicyclic) bond motifs is 1. The summed E-state index contributed by atoms with van der Waals surface area (Å²) >= 11 is 0. The number of amides is 3. The number of hydrogen-bond acceptors (Lipinski definition) is 3. The van der Waals surface area contributed by atoms with E-state index in [0.717, 1.165) is 23.1 Å². The van der Waals surface area contributed by atoms with Gasteiger partial charge in [-0.25, -0.2) is 9.78 Å². The smallest absolute Gasteiger partial charge is 0.328 e. The maximum atomic E-state index is 11.9. The second kappa shape index (κ2) is 4.63. The van der Waals surface area contributed by atoms with Crippen LogP contribution in [0.3, 0.4) is 0 Å². The molecule has 3 heterocycles. The lowest BCUT2D eigenvalue weighted by molar-refractivity contribution is -0.120. The van der Waals surface area contributed by atoms with Crippen molar-refractivity contribution >= 4 is 28.7 Å². The Balaban J connectivity index is 2.04. The molecule has 3 rings (SSSR count). The Bertz CT molecular complexity index is 705. The predicted molar refractivity (Wildman–Crippen MR) is 75.6 cm³/mol. The van der Waals surface area contributed by atoms with Crippen molar-refractivity contribution < 1.29 is 9.59 Å². The average Bonchev–Trinajstić information content (AvgIpc) is 2.75. The molecule has 1 N–H and O–H groups in total. The first-order valence-electron chi connectivity index (χ1n) is 6.65. The minimum absolute atomic E-state index is 0.228. The van der Waals surface area contributed by atoms with Crippen LogP contribution in [0.2, 0.25) is 0 Å². The van der Waals surface area contributed by atoms with Crippen molar-refractivity contribution in [1.29, 1.82) is 0 Å². The zero-order valence-electron chi connectivity index (χ0n) is 11.5. The monoisotopic (exact) mass is 272 g/mol. The van der Waals surface area contributed by atoms with Gasteiger partial charge in [0.05, 0.1) is 11.9 Å². The molecule has 2 aromatic heterocycles. The predicted octanol–water partition coefficient (Wildman–Crippen LogP) is 1.58. The van der Waals surface area contributed by atoms with Crippen LogP contribution in [0.25, 0.3) is 11.0 Å². The highest BCUT2D eigenvalue weighted by Crippen LogP contribution is 2.25. The Morgan fingerprint density at radius 1 is 1.40 bits per heavy atom. The maximum absolute atomic E-state index is 11.9. The number of urea groups is 1. The second-order valence-electron chi connectivity index (χ2n) is 4.94. The molecule has 1 aliphatic rings. The van der Waals surface area contributed by atoms with E-state index in [0.29, 0.717) is 13.0 Å². The molecule has 0 radical (unpaired) electrons. The van der Waals surface area contributed by atoms with Crippen molar-refractivity contribution in [3.05, 3.63) is 24.0 Å². The Labute approximate surface area is 116 Å². The SMILES string of the molecule is CCc1cn(C)c2ncc(N3CCC(=O)NC3=O)cc12. The zero-order chi connectivity index (χ0) is 14.3. The fraction of sp³-hybridized carbons (Fsp3) is 0.357. The van der Waals surface area contributed by atoms with Gasteiger partial charge in [0.15, 0.2) is 0 Å². The Morgan fingerprint density at radius 3 is 2.90 bits per heavy atom. The van der Waals surface area contributed by atoms with Gasteiger partial charge in [0.1, 0.15) is 5.65 Å². The number of aryl methyl sites for hydroxylation is 2. The lowest BCUT2D eigenvalue weighted by atomic mass is 10.1. The molecule has 1 aliphatic heterocycles. The largest absolute Gasteiger partial charge is 0.335 e. The Morgan fingerprint density at radius 2 is 2.20 bits per heavy atom. The summed E-state index contributed by atoms with van der Waals surface area (Å²) in [6, 6.07) is 1.59. The number of imide groups is 1. The van der Waals surface area contributed by atoms with Crippen LogP contribution in [0.5, 0.6) is 0 Å².